The molecule has 0 N–H and O–H groups in total. The maximum absolute atomic E-state index is 12.0. The van der Waals surface area contributed by atoms with Crippen molar-refractivity contribution in [1.82, 2.24) is 0 Å². The lowest BCUT2D eigenvalue weighted by atomic mass is 9.98. The smallest absolute Gasteiger partial charge is 0.169 e. The number of carbonyl (C=O) groups excluding carboxylic acids is 1. The summed E-state index contributed by atoms with van der Waals surface area (Å²) < 4.78 is 10.5. The van der Waals surface area contributed by atoms with Crippen LogP contribution in [0.2, 0.25) is 0 Å². The molecule has 0 aliphatic rings. The molecule has 0 unspecified atom stereocenters. The fourth-order valence-electron chi connectivity index (χ4n) is 1.66. The van der Waals surface area contributed by atoms with Crippen LogP contribution in [0.25, 0.3) is 0 Å². The van der Waals surface area contributed by atoms with Crippen LogP contribution in [0.4, 0.5) is 0 Å². The average molecular weight is 222 g/mol. The second-order valence-electron chi connectivity index (χ2n) is 3.99. The Morgan fingerprint density at radius 3 is 2.25 bits per heavy atom. The van der Waals surface area contributed by atoms with Gasteiger partial charge in [0.25, 0.3) is 0 Å². The van der Waals surface area contributed by atoms with Crippen molar-refractivity contribution < 1.29 is 14.3 Å². The zero-order chi connectivity index (χ0) is 12.3. The van der Waals surface area contributed by atoms with Crippen molar-refractivity contribution in [3.63, 3.8) is 0 Å². The number of benzene rings is 1. The van der Waals surface area contributed by atoms with E-state index in [2.05, 4.69) is 0 Å². The lowest BCUT2D eigenvalue weighted by Gasteiger charge is -2.14. The maximum Gasteiger partial charge on any atom is 0.169 e. The molecule has 1 rings (SSSR count). The number of methoxy groups -OCH3 is 2. The van der Waals surface area contributed by atoms with E-state index in [0.717, 1.165) is 11.3 Å². The number of ether oxygens (including phenoxy) is 2. The topological polar surface area (TPSA) is 35.5 Å². The van der Waals surface area contributed by atoms with Crippen LogP contribution in [0.1, 0.15) is 29.8 Å². The zero-order valence-electron chi connectivity index (χ0n) is 10.5. The second-order valence-corrected chi connectivity index (χ2v) is 3.99. The lowest BCUT2D eigenvalue weighted by molar-refractivity contribution is 0.0936. The Morgan fingerprint density at radius 1 is 1.19 bits per heavy atom. The fraction of sp³-hybridized carbons (Fsp3) is 0.462. The normalized spacial score (nSPS) is 10.4. The highest BCUT2D eigenvalue weighted by Gasteiger charge is 2.19. The second kappa shape index (κ2) is 5.01. The summed E-state index contributed by atoms with van der Waals surface area (Å²) in [6, 6.07) is 3.56. The van der Waals surface area contributed by atoms with Gasteiger partial charge < -0.3 is 9.47 Å². The summed E-state index contributed by atoms with van der Waals surface area (Å²) in [5, 5.41) is 0. The molecular formula is C13H18O3. The fourth-order valence-corrected chi connectivity index (χ4v) is 1.66. The van der Waals surface area contributed by atoms with Gasteiger partial charge in [0.2, 0.25) is 0 Å². The van der Waals surface area contributed by atoms with E-state index in [0.29, 0.717) is 11.3 Å². The number of rotatable bonds is 4. The Bertz CT molecular complexity index is 394. The van der Waals surface area contributed by atoms with Crippen LogP contribution >= 0.6 is 0 Å². The molecule has 3 heteroatoms. The number of Topliss-reactive ketones (excluding diaryl/α,β-unsaturated/α-hetero) is 1. The predicted molar refractivity (Wildman–Crippen MR) is 63.5 cm³/mol. The standard InChI is InChI=1S/C13H18O3/c1-8(2)12(14)10-6-7-11(15-4)9(3)13(10)16-5/h6-8H,1-5H3. The van der Waals surface area contributed by atoms with Gasteiger partial charge in [0.05, 0.1) is 19.8 Å². The Morgan fingerprint density at radius 2 is 1.81 bits per heavy atom. The third-order valence-corrected chi connectivity index (χ3v) is 2.57. The minimum Gasteiger partial charge on any atom is -0.496 e. The van der Waals surface area contributed by atoms with Gasteiger partial charge in [0.1, 0.15) is 11.5 Å². The summed E-state index contributed by atoms with van der Waals surface area (Å²) in [7, 11) is 3.17. The number of hydrogen-bond acceptors (Lipinski definition) is 3. The van der Waals surface area contributed by atoms with Gasteiger partial charge in [0.15, 0.2) is 5.78 Å². The quantitative estimate of drug-likeness (QED) is 0.735. The Hall–Kier alpha value is -1.51. The summed E-state index contributed by atoms with van der Waals surface area (Å²) in [4.78, 5) is 12.0. The molecule has 0 saturated heterocycles. The van der Waals surface area contributed by atoms with Crippen molar-refractivity contribution in [2.45, 2.75) is 20.8 Å². The van der Waals surface area contributed by atoms with Gasteiger partial charge in [-0.15, -0.1) is 0 Å². The van der Waals surface area contributed by atoms with Gasteiger partial charge in [-0.05, 0) is 19.1 Å². The van der Waals surface area contributed by atoms with Crippen molar-refractivity contribution in [2.24, 2.45) is 5.92 Å². The van der Waals surface area contributed by atoms with E-state index < -0.39 is 0 Å². The molecule has 0 fully saturated rings. The number of hydrogen-bond donors (Lipinski definition) is 0. The molecule has 0 aromatic heterocycles. The van der Waals surface area contributed by atoms with Crippen molar-refractivity contribution in [3.8, 4) is 11.5 Å². The molecule has 1 aromatic carbocycles. The zero-order valence-corrected chi connectivity index (χ0v) is 10.5. The monoisotopic (exact) mass is 222 g/mol. The Kier molecular flexibility index (Phi) is 3.93. The molecule has 16 heavy (non-hydrogen) atoms. The van der Waals surface area contributed by atoms with Gasteiger partial charge >= 0.3 is 0 Å². The highest BCUT2D eigenvalue weighted by molar-refractivity contribution is 6.00. The van der Waals surface area contributed by atoms with Crippen LogP contribution in [0.5, 0.6) is 11.5 Å². The SMILES string of the molecule is COc1ccc(C(=O)C(C)C)c(OC)c1C. The molecule has 0 radical (unpaired) electrons. The molecule has 0 spiro atoms. The molecule has 0 heterocycles. The van der Waals surface area contributed by atoms with E-state index in [1.54, 1.807) is 26.4 Å². The summed E-state index contributed by atoms with van der Waals surface area (Å²) in [5.41, 5.74) is 1.48. The first kappa shape index (κ1) is 12.6. The van der Waals surface area contributed by atoms with Crippen molar-refractivity contribution >= 4 is 5.78 Å². The summed E-state index contributed by atoms with van der Waals surface area (Å²) in [5.74, 6) is 1.39. The van der Waals surface area contributed by atoms with E-state index in [4.69, 9.17) is 9.47 Å². The highest BCUT2D eigenvalue weighted by Crippen LogP contribution is 2.32. The van der Waals surface area contributed by atoms with Crippen LogP contribution in [0.15, 0.2) is 12.1 Å². The first-order valence-corrected chi connectivity index (χ1v) is 5.28. The molecule has 3 nitrogen and oxygen atoms in total. The summed E-state index contributed by atoms with van der Waals surface area (Å²) in [6.07, 6.45) is 0. The average Bonchev–Trinajstić information content (AvgIpc) is 2.27. The largest absolute Gasteiger partial charge is 0.496 e. The Balaban J connectivity index is 3.31. The molecular weight excluding hydrogens is 204 g/mol. The van der Waals surface area contributed by atoms with Crippen LogP contribution < -0.4 is 9.47 Å². The summed E-state index contributed by atoms with van der Waals surface area (Å²) >= 11 is 0. The van der Waals surface area contributed by atoms with Gasteiger partial charge in [0, 0.05) is 11.5 Å². The summed E-state index contributed by atoms with van der Waals surface area (Å²) in [6.45, 7) is 5.64. The van der Waals surface area contributed by atoms with E-state index in [1.165, 1.54) is 0 Å². The lowest BCUT2D eigenvalue weighted by Crippen LogP contribution is -2.10. The van der Waals surface area contributed by atoms with Gasteiger partial charge in [-0.3, -0.25) is 4.79 Å². The minimum atomic E-state index is -0.0401. The molecule has 0 atom stereocenters. The third-order valence-electron chi connectivity index (χ3n) is 2.57. The van der Waals surface area contributed by atoms with E-state index in [-0.39, 0.29) is 11.7 Å². The first-order valence-electron chi connectivity index (χ1n) is 5.28. The number of ketones is 1. The third kappa shape index (κ3) is 2.18. The van der Waals surface area contributed by atoms with E-state index in [9.17, 15) is 4.79 Å². The van der Waals surface area contributed by atoms with E-state index >= 15 is 0 Å². The molecule has 0 amide bonds. The predicted octanol–water partition coefficient (Wildman–Crippen LogP) is 2.85. The van der Waals surface area contributed by atoms with Gasteiger partial charge in [-0.25, -0.2) is 0 Å². The highest BCUT2D eigenvalue weighted by atomic mass is 16.5. The molecule has 0 saturated carbocycles. The van der Waals surface area contributed by atoms with Crippen LogP contribution in [0, 0.1) is 12.8 Å². The molecule has 0 bridgehead atoms. The van der Waals surface area contributed by atoms with Gasteiger partial charge in [-0.2, -0.15) is 0 Å². The molecule has 0 aliphatic heterocycles. The first-order chi connectivity index (χ1) is 7.52. The molecule has 88 valence electrons. The molecule has 1 aromatic rings. The minimum absolute atomic E-state index is 0.0401. The van der Waals surface area contributed by atoms with Crippen molar-refractivity contribution in [3.05, 3.63) is 23.3 Å². The van der Waals surface area contributed by atoms with E-state index in [1.807, 2.05) is 20.8 Å². The van der Waals surface area contributed by atoms with Gasteiger partial charge in [-0.1, -0.05) is 13.8 Å². The van der Waals surface area contributed by atoms with Crippen LogP contribution in [-0.2, 0) is 0 Å². The number of carbonyl (C=O) groups is 1. The van der Waals surface area contributed by atoms with Crippen LogP contribution in [0.3, 0.4) is 0 Å². The van der Waals surface area contributed by atoms with Crippen molar-refractivity contribution in [1.29, 1.82) is 0 Å². The van der Waals surface area contributed by atoms with Crippen molar-refractivity contribution in [2.75, 3.05) is 14.2 Å². The molecule has 0 aliphatic carbocycles. The van der Waals surface area contributed by atoms with Crippen LogP contribution in [-0.4, -0.2) is 20.0 Å². The Labute approximate surface area is 96.4 Å². The maximum atomic E-state index is 12.0.